The summed E-state index contributed by atoms with van der Waals surface area (Å²) in [7, 11) is 0. The van der Waals surface area contributed by atoms with Crippen molar-refractivity contribution < 1.29 is 17.6 Å². The normalized spacial score (nSPS) is 11.9. The smallest absolute Gasteiger partial charge is 0.266 e. The molecule has 0 amide bonds. The van der Waals surface area contributed by atoms with Crippen LogP contribution >= 0.6 is 0 Å². The molecule has 5 N–H and O–H groups in total. The molecule has 172 valence electrons. The van der Waals surface area contributed by atoms with Gasteiger partial charge in [-0.2, -0.15) is 15.2 Å². The molecule has 0 spiro atoms. The monoisotopic (exact) mass is 470 g/mol. The van der Waals surface area contributed by atoms with Crippen molar-refractivity contribution in [1.29, 1.82) is 5.26 Å². The van der Waals surface area contributed by atoms with E-state index in [0.29, 0.717) is 12.1 Å². The second kappa shape index (κ2) is 8.32. The van der Waals surface area contributed by atoms with E-state index in [2.05, 4.69) is 20.3 Å². The molecule has 0 saturated carbocycles. The fourth-order valence-corrected chi connectivity index (χ4v) is 3.39. The van der Waals surface area contributed by atoms with Crippen molar-refractivity contribution in [2.75, 3.05) is 16.8 Å². The predicted molar refractivity (Wildman–Crippen MR) is 115 cm³/mol. The van der Waals surface area contributed by atoms with Gasteiger partial charge in [-0.1, -0.05) is 0 Å². The van der Waals surface area contributed by atoms with Crippen LogP contribution in [0.25, 0.3) is 16.6 Å². The van der Waals surface area contributed by atoms with E-state index in [4.69, 9.17) is 11.5 Å². The first-order valence-corrected chi connectivity index (χ1v) is 9.56. The zero-order chi connectivity index (χ0) is 24.7. The molecule has 0 aliphatic carbocycles. The van der Waals surface area contributed by atoms with Crippen LogP contribution < -0.4 is 22.3 Å². The molecular weight excluding hydrogens is 456 g/mol. The van der Waals surface area contributed by atoms with Gasteiger partial charge < -0.3 is 16.8 Å². The summed E-state index contributed by atoms with van der Waals surface area (Å²) in [6.45, 7) is 1.48. The molecule has 2 heterocycles. The van der Waals surface area contributed by atoms with E-state index < -0.39 is 34.9 Å². The fraction of sp³-hybridized carbons (Fsp3) is 0.0952. The van der Waals surface area contributed by atoms with Gasteiger partial charge in [0.1, 0.15) is 34.9 Å². The number of aromatic nitrogens is 4. The maximum atomic E-state index is 14.0. The molecule has 0 aliphatic heterocycles. The van der Waals surface area contributed by atoms with Crippen LogP contribution in [0.4, 0.5) is 35.1 Å². The van der Waals surface area contributed by atoms with Crippen LogP contribution in [0, 0.1) is 34.6 Å². The van der Waals surface area contributed by atoms with E-state index in [9.17, 15) is 27.6 Å². The number of nitrogen functional groups attached to an aromatic ring is 2. The third-order valence-electron chi connectivity index (χ3n) is 4.85. The van der Waals surface area contributed by atoms with Gasteiger partial charge in [0.05, 0.1) is 22.6 Å². The van der Waals surface area contributed by atoms with Crippen molar-refractivity contribution in [3.63, 3.8) is 0 Å². The van der Waals surface area contributed by atoms with E-state index in [0.717, 1.165) is 22.8 Å². The van der Waals surface area contributed by atoms with Crippen molar-refractivity contribution in [2.24, 2.45) is 0 Å². The SMILES string of the molecule is C[C@H](Nc1nc(N)nc(N)c1C#N)c1nc2cc(F)c(F)cc2c(=O)n1-c1cc(F)cc(F)c1. The molecule has 1 atom stereocenters. The van der Waals surface area contributed by atoms with Gasteiger partial charge in [0, 0.05) is 12.1 Å². The lowest BCUT2D eigenvalue weighted by molar-refractivity contribution is 0.510. The molecule has 4 aromatic rings. The number of nitrogens with two attached hydrogens (primary N) is 2. The van der Waals surface area contributed by atoms with E-state index in [1.165, 1.54) is 6.92 Å². The molecule has 2 aromatic carbocycles. The van der Waals surface area contributed by atoms with Crippen molar-refractivity contribution in [1.82, 2.24) is 19.5 Å². The van der Waals surface area contributed by atoms with Crippen LogP contribution in [0.5, 0.6) is 0 Å². The topological polar surface area (TPSA) is 149 Å². The lowest BCUT2D eigenvalue weighted by Crippen LogP contribution is -2.28. The number of fused-ring (bicyclic) bond motifs is 1. The maximum Gasteiger partial charge on any atom is 0.266 e. The summed E-state index contributed by atoms with van der Waals surface area (Å²) in [5, 5.41) is 11.9. The average Bonchev–Trinajstić information content (AvgIpc) is 2.74. The van der Waals surface area contributed by atoms with Crippen LogP contribution in [-0.2, 0) is 0 Å². The Morgan fingerprint density at radius 2 is 1.65 bits per heavy atom. The third-order valence-corrected chi connectivity index (χ3v) is 4.85. The summed E-state index contributed by atoms with van der Waals surface area (Å²) in [6.07, 6.45) is 0. The van der Waals surface area contributed by atoms with Gasteiger partial charge in [-0.05, 0) is 25.1 Å². The number of rotatable bonds is 4. The Morgan fingerprint density at radius 3 is 2.29 bits per heavy atom. The van der Waals surface area contributed by atoms with Crippen molar-refractivity contribution >= 4 is 28.5 Å². The molecule has 9 nitrogen and oxygen atoms in total. The Balaban J connectivity index is 1.98. The highest BCUT2D eigenvalue weighted by Gasteiger charge is 2.22. The van der Waals surface area contributed by atoms with Crippen LogP contribution in [0.1, 0.15) is 24.4 Å². The lowest BCUT2D eigenvalue weighted by atomic mass is 10.2. The van der Waals surface area contributed by atoms with Gasteiger partial charge in [0.15, 0.2) is 17.5 Å². The number of nitriles is 1. The fourth-order valence-electron chi connectivity index (χ4n) is 3.39. The highest BCUT2D eigenvalue weighted by Crippen LogP contribution is 2.26. The van der Waals surface area contributed by atoms with Crippen molar-refractivity contribution in [3.05, 3.63) is 75.3 Å². The van der Waals surface area contributed by atoms with Gasteiger partial charge in [-0.25, -0.2) is 22.5 Å². The second-order valence-electron chi connectivity index (χ2n) is 7.19. The molecular formula is C21H14F4N8O. The molecule has 0 fully saturated rings. The van der Waals surface area contributed by atoms with E-state index in [1.807, 2.05) is 6.07 Å². The minimum atomic E-state index is -1.30. The molecule has 13 heteroatoms. The summed E-state index contributed by atoms with van der Waals surface area (Å²) >= 11 is 0. The van der Waals surface area contributed by atoms with Crippen molar-refractivity contribution in [3.8, 4) is 11.8 Å². The van der Waals surface area contributed by atoms with Gasteiger partial charge >= 0.3 is 0 Å². The Bertz CT molecular complexity index is 1540. The van der Waals surface area contributed by atoms with Crippen LogP contribution in [0.15, 0.2) is 35.1 Å². The number of halogens is 4. The lowest BCUT2D eigenvalue weighted by Gasteiger charge is -2.21. The predicted octanol–water partition coefficient (Wildman–Crippen LogP) is 2.94. The van der Waals surface area contributed by atoms with Crippen LogP contribution in [0.2, 0.25) is 0 Å². The molecule has 34 heavy (non-hydrogen) atoms. The Kier molecular flexibility index (Phi) is 5.50. The third kappa shape index (κ3) is 3.92. The first-order chi connectivity index (χ1) is 16.1. The Hall–Kier alpha value is -4.73. The zero-order valence-corrected chi connectivity index (χ0v) is 17.3. The average molecular weight is 470 g/mol. The first-order valence-electron chi connectivity index (χ1n) is 9.56. The van der Waals surface area contributed by atoms with E-state index in [1.54, 1.807) is 0 Å². The largest absolute Gasteiger partial charge is 0.382 e. The van der Waals surface area contributed by atoms with E-state index in [-0.39, 0.29) is 45.6 Å². The molecule has 0 saturated heterocycles. The minimum Gasteiger partial charge on any atom is -0.382 e. The second-order valence-corrected chi connectivity index (χ2v) is 7.19. The van der Waals surface area contributed by atoms with Gasteiger partial charge in [-0.3, -0.25) is 9.36 Å². The van der Waals surface area contributed by atoms with Gasteiger partial charge in [0.25, 0.3) is 5.56 Å². The quantitative estimate of drug-likeness (QED) is 0.386. The first kappa shape index (κ1) is 22.5. The van der Waals surface area contributed by atoms with Gasteiger partial charge in [0.2, 0.25) is 5.95 Å². The highest BCUT2D eigenvalue weighted by atomic mass is 19.2. The number of nitrogens with one attached hydrogen (secondary N) is 1. The highest BCUT2D eigenvalue weighted by molar-refractivity contribution is 5.78. The summed E-state index contributed by atoms with van der Waals surface area (Å²) in [6, 6.07) is 4.54. The summed E-state index contributed by atoms with van der Waals surface area (Å²) < 4.78 is 56.5. The zero-order valence-electron chi connectivity index (χ0n) is 17.3. The number of hydrogen-bond acceptors (Lipinski definition) is 8. The molecule has 0 unspecified atom stereocenters. The molecule has 4 rings (SSSR count). The molecule has 0 radical (unpaired) electrons. The molecule has 0 bridgehead atoms. The molecule has 0 aliphatic rings. The summed E-state index contributed by atoms with van der Waals surface area (Å²) in [5.41, 5.74) is 9.77. The van der Waals surface area contributed by atoms with Crippen molar-refractivity contribution in [2.45, 2.75) is 13.0 Å². The number of anilines is 3. The number of nitrogens with zero attached hydrogens (tertiary/aromatic N) is 5. The standard InChI is InChI=1S/C21H14F4N8O/c1-8(29-18-13(7-26)17(27)31-21(28)32-18)19-30-16-6-15(25)14(24)5-12(16)20(34)33(19)11-3-9(22)2-10(23)4-11/h2-6,8H,1H3,(H5,27,28,29,31,32)/t8-/m0/s1. The Morgan fingerprint density at radius 1 is 1.00 bits per heavy atom. The summed E-state index contributed by atoms with van der Waals surface area (Å²) in [4.78, 5) is 25.1. The Labute approximate surface area is 188 Å². The maximum absolute atomic E-state index is 14.0. The number of hydrogen-bond donors (Lipinski definition) is 3. The molecule has 2 aromatic heterocycles. The minimum absolute atomic E-state index is 0.100. The summed E-state index contributed by atoms with van der Waals surface area (Å²) in [5.74, 6) is -5.23. The van der Waals surface area contributed by atoms with Crippen LogP contribution in [-0.4, -0.2) is 19.5 Å². The van der Waals surface area contributed by atoms with Gasteiger partial charge in [-0.15, -0.1) is 0 Å². The van der Waals surface area contributed by atoms with E-state index >= 15 is 0 Å². The van der Waals surface area contributed by atoms with Crippen LogP contribution in [0.3, 0.4) is 0 Å². The number of benzene rings is 2.